The second-order valence-corrected chi connectivity index (χ2v) is 5.59. The molecule has 1 amide bonds. The zero-order valence-corrected chi connectivity index (χ0v) is 12.5. The maximum atomic E-state index is 12.6. The Kier molecular flexibility index (Phi) is 3.53. The van der Waals surface area contributed by atoms with Crippen LogP contribution >= 0.6 is 0 Å². The molecule has 1 aliphatic heterocycles. The largest absolute Gasteiger partial charge is 0.466 e. The van der Waals surface area contributed by atoms with Crippen LogP contribution in [0.1, 0.15) is 52.4 Å². The van der Waals surface area contributed by atoms with E-state index in [1.165, 1.54) is 0 Å². The van der Waals surface area contributed by atoms with Gasteiger partial charge >= 0.3 is 0 Å². The van der Waals surface area contributed by atoms with E-state index in [4.69, 9.17) is 8.94 Å². The van der Waals surface area contributed by atoms with Crippen molar-refractivity contribution in [2.45, 2.75) is 39.5 Å². The van der Waals surface area contributed by atoms with Gasteiger partial charge in [0.15, 0.2) is 5.82 Å². The number of hydrogen-bond acceptors (Lipinski definition) is 5. The Morgan fingerprint density at radius 1 is 1.38 bits per heavy atom. The minimum Gasteiger partial charge on any atom is -0.466 e. The average Bonchev–Trinajstić information content (AvgIpc) is 3.04. The first kappa shape index (κ1) is 13.9. The lowest BCUT2D eigenvalue weighted by Gasteiger charge is -2.31. The molecule has 0 aliphatic carbocycles. The predicted molar refractivity (Wildman–Crippen MR) is 75.1 cm³/mol. The van der Waals surface area contributed by atoms with Crippen molar-refractivity contribution >= 4 is 5.91 Å². The van der Waals surface area contributed by atoms with E-state index in [0.717, 1.165) is 25.1 Å². The lowest BCUT2D eigenvalue weighted by atomic mass is 9.96. The third kappa shape index (κ3) is 2.70. The van der Waals surface area contributed by atoms with E-state index in [9.17, 15) is 4.79 Å². The highest BCUT2D eigenvalue weighted by atomic mass is 16.5. The molecule has 2 aromatic heterocycles. The smallest absolute Gasteiger partial charge is 0.257 e. The molecule has 1 aliphatic rings. The minimum absolute atomic E-state index is 0.0225. The Bertz CT molecular complexity index is 659. The first-order valence-electron chi connectivity index (χ1n) is 7.21. The number of carbonyl (C=O) groups excluding carboxylic acids is 1. The fraction of sp³-hybridized carbons (Fsp3) is 0.533. The highest BCUT2D eigenvalue weighted by Crippen LogP contribution is 2.27. The first-order chi connectivity index (χ1) is 10.0. The maximum absolute atomic E-state index is 12.6. The third-order valence-electron chi connectivity index (χ3n) is 3.89. The SMILES string of the molecule is Cc1cc(C(=O)N2CCC[C@@H](c3noc(C)n3)C2)c(C)o1. The molecule has 1 atom stereocenters. The second-order valence-electron chi connectivity index (χ2n) is 5.59. The van der Waals surface area contributed by atoms with Gasteiger partial charge in [-0.25, -0.2) is 0 Å². The van der Waals surface area contributed by atoms with Crippen molar-refractivity contribution in [1.29, 1.82) is 0 Å². The van der Waals surface area contributed by atoms with Crippen LogP contribution in [0.25, 0.3) is 0 Å². The van der Waals surface area contributed by atoms with Gasteiger partial charge in [-0.05, 0) is 32.8 Å². The Morgan fingerprint density at radius 2 is 2.19 bits per heavy atom. The van der Waals surface area contributed by atoms with Crippen molar-refractivity contribution in [1.82, 2.24) is 15.0 Å². The molecule has 112 valence electrons. The van der Waals surface area contributed by atoms with Crippen LogP contribution in [-0.4, -0.2) is 34.0 Å². The van der Waals surface area contributed by atoms with Crippen LogP contribution in [0.5, 0.6) is 0 Å². The third-order valence-corrected chi connectivity index (χ3v) is 3.89. The Hall–Kier alpha value is -2.11. The highest BCUT2D eigenvalue weighted by Gasteiger charge is 2.29. The quantitative estimate of drug-likeness (QED) is 0.849. The molecule has 21 heavy (non-hydrogen) atoms. The minimum atomic E-state index is 0.0225. The van der Waals surface area contributed by atoms with Crippen LogP contribution in [0.3, 0.4) is 0 Å². The van der Waals surface area contributed by atoms with E-state index < -0.39 is 0 Å². The fourth-order valence-corrected chi connectivity index (χ4v) is 2.87. The maximum Gasteiger partial charge on any atom is 0.257 e. The molecule has 3 rings (SSSR count). The number of rotatable bonds is 2. The zero-order chi connectivity index (χ0) is 15.0. The number of aromatic nitrogens is 2. The molecule has 2 aromatic rings. The van der Waals surface area contributed by atoms with Crippen LogP contribution < -0.4 is 0 Å². The molecule has 0 bridgehead atoms. The summed E-state index contributed by atoms with van der Waals surface area (Å²) >= 11 is 0. The van der Waals surface area contributed by atoms with Gasteiger partial charge in [-0.2, -0.15) is 4.98 Å². The summed E-state index contributed by atoms with van der Waals surface area (Å²) in [5.41, 5.74) is 0.650. The van der Waals surface area contributed by atoms with Gasteiger partial charge in [0.2, 0.25) is 5.89 Å². The monoisotopic (exact) mass is 289 g/mol. The first-order valence-corrected chi connectivity index (χ1v) is 7.21. The summed E-state index contributed by atoms with van der Waals surface area (Å²) in [5.74, 6) is 2.87. The van der Waals surface area contributed by atoms with Crippen molar-refractivity contribution in [2.75, 3.05) is 13.1 Å². The van der Waals surface area contributed by atoms with E-state index in [1.807, 2.05) is 18.7 Å². The van der Waals surface area contributed by atoms with E-state index in [-0.39, 0.29) is 11.8 Å². The summed E-state index contributed by atoms with van der Waals surface area (Å²) in [6, 6.07) is 1.81. The molecule has 0 saturated carbocycles. The van der Waals surface area contributed by atoms with Gasteiger partial charge in [0.25, 0.3) is 5.91 Å². The summed E-state index contributed by atoms with van der Waals surface area (Å²) in [6.45, 7) is 6.84. The van der Waals surface area contributed by atoms with E-state index in [0.29, 0.717) is 29.6 Å². The molecule has 0 unspecified atom stereocenters. The summed E-state index contributed by atoms with van der Waals surface area (Å²) in [6.07, 6.45) is 1.92. The van der Waals surface area contributed by atoms with Gasteiger partial charge in [-0.1, -0.05) is 5.16 Å². The molecule has 0 aromatic carbocycles. The number of likely N-dealkylation sites (tertiary alicyclic amines) is 1. The standard InChI is InChI=1S/C15H19N3O3/c1-9-7-13(10(2)20-9)15(19)18-6-4-5-12(8-18)14-16-11(3)21-17-14/h7,12H,4-6,8H2,1-3H3/t12-/m1/s1. The molecule has 1 saturated heterocycles. The van der Waals surface area contributed by atoms with Crippen LogP contribution in [-0.2, 0) is 0 Å². The lowest BCUT2D eigenvalue weighted by Crippen LogP contribution is -2.39. The van der Waals surface area contributed by atoms with Gasteiger partial charge in [0, 0.05) is 25.9 Å². The van der Waals surface area contributed by atoms with Crippen molar-refractivity contribution in [3.05, 3.63) is 34.9 Å². The van der Waals surface area contributed by atoms with Gasteiger partial charge in [0.05, 0.1) is 5.56 Å². The Labute approximate surface area is 123 Å². The zero-order valence-electron chi connectivity index (χ0n) is 12.5. The van der Waals surface area contributed by atoms with Crippen LogP contribution in [0.4, 0.5) is 0 Å². The van der Waals surface area contributed by atoms with Gasteiger partial charge in [-0.15, -0.1) is 0 Å². The van der Waals surface area contributed by atoms with Crippen molar-refractivity contribution in [3.8, 4) is 0 Å². The molecule has 3 heterocycles. The Balaban J connectivity index is 1.77. The van der Waals surface area contributed by atoms with Crippen LogP contribution in [0.15, 0.2) is 15.0 Å². The number of hydrogen-bond donors (Lipinski definition) is 0. The molecule has 6 heteroatoms. The molecule has 0 radical (unpaired) electrons. The van der Waals surface area contributed by atoms with Crippen LogP contribution in [0, 0.1) is 20.8 Å². The van der Waals surface area contributed by atoms with Gasteiger partial charge in [0.1, 0.15) is 11.5 Å². The van der Waals surface area contributed by atoms with Crippen LogP contribution in [0.2, 0.25) is 0 Å². The summed E-state index contributed by atoms with van der Waals surface area (Å²) in [4.78, 5) is 18.8. The van der Waals surface area contributed by atoms with Crippen molar-refractivity contribution < 1.29 is 13.7 Å². The molecule has 0 N–H and O–H groups in total. The Morgan fingerprint density at radius 3 is 2.81 bits per heavy atom. The molecule has 0 spiro atoms. The highest BCUT2D eigenvalue weighted by molar-refractivity contribution is 5.95. The molecule has 1 fully saturated rings. The van der Waals surface area contributed by atoms with Gasteiger partial charge in [-0.3, -0.25) is 4.79 Å². The average molecular weight is 289 g/mol. The normalized spacial score (nSPS) is 19.0. The molecule has 6 nitrogen and oxygen atoms in total. The van der Waals surface area contributed by atoms with E-state index in [2.05, 4.69) is 10.1 Å². The predicted octanol–water partition coefficient (Wildman–Crippen LogP) is 2.61. The number of amides is 1. The van der Waals surface area contributed by atoms with Gasteiger partial charge < -0.3 is 13.8 Å². The van der Waals surface area contributed by atoms with E-state index in [1.54, 1.807) is 13.0 Å². The number of carbonyl (C=O) groups is 1. The van der Waals surface area contributed by atoms with Crippen molar-refractivity contribution in [3.63, 3.8) is 0 Å². The fourth-order valence-electron chi connectivity index (χ4n) is 2.87. The molecular weight excluding hydrogens is 270 g/mol. The number of nitrogens with zero attached hydrogens (tertiary/aromatic N) is 3. The molecular formula is C15H19N3O3. The summed E-state index contributed by atoms with van der Waals surface area (Å²) in [7, 11) is 0. The number of piperidine rings is 1. The summed E-state index contributed by atoms with van der Waals surface area (Å²) in [5, 5.41) is 3.99. The number of furan rings is 1. The van der Waals surface area contributed by atoms with E-state index >= 15 is 0 Å². The second kappa shape index (κ2) is 5.35. The number of aryl methyl sites for hydroxylation is 3. The lowest BCUT2D eigenvalue weighted by molar-refractivity contribution is 0.0702. The summed E-state index contributed by atoms with van der Waals surface area (Å²) < 4.78 is 10.5. The van der Waals surface area contributed by atoms with Crippen molar-refractivity contribution in [2.24, 2.45) is 0 Å². The topological polar surface area (TPSA) is 72.4 Å².